The molecular weight excluding hydrogens is 410 g/mol. The van der Waals surface area contributed by atoms with Gasteiger partial charge in [-0.3, -0.25) is 0 Å². The molecular formula is C22H34F2N2O3S. The summed E-state index contributed by atoms with van der Waals surface area (Å²) in [5.74, 6) is -3.29. The van der Waals surface area contributed by atoms with Crippen molar-refractivity contribution < 1.29 is 22.9 Å². The van der Waals surface area contributed by atoms with Gasteiger partial charge in [0, 0.05) is 42.4 Å². The van der Waals surface area contributed by atoms with E-state index in [2.05, 4.69) is 4.72 Å². The molecule has 1 aromatic rings. The summed E-state index contributed by atoms with van der Waals surface area (Å²) in [6.07, 6.45) is -0.790. The van der Waals surface area contributed by atoms with Gasteiger partial charge in [0.2, 0.25) is 0 Å². The van der Waals surface area contributed by atoms with Crippen molar-refractivity contribution in [1.82, 2.24) is 9.62 Å². The first-order valence-corrected chi connectivity index (χ1v) is 11.4. The molecule has 1 aromatic carbocycles. The van der Waals surface area contributed by atoms with Gasteiger partial charge in [-0.15, -0.1) is 4.72 Å². The number of amides is 1. The number of halogens is 2. The Bertz CT molecular complexity index is 741. The van der Waals surface area contributed by atoms with E-state index in [1.807, 2.05) is 27.7 Å². The predicted molar refractivity (Wildman–Crippen MR) is 116 cm³/mol. The van der Waals surface area contributed by atoms with Crippen LogP contribution in [-0.2, 0) is 22.0 Å². The average Bonchev–Trinajstić information content (AvgIpc) is 2.55. The molecule has 1 fully saturated rings. The van der Waals surface area contributed by atoms with E-state index in [0.717, 1.165) is 0 Å². The lowest BCUT2D eigenvalue weighted by molar-refractivity contribution is -0.0612. The van der Waals surface area contributed by atoms with Gasteiger partial charge in [-0.2, -0.15) is 0 Å². The second kappa shape index (κ2) is 9.01. The van der Waals surface area contributed by atoms with E-state index >= 15 is 0 Å². The Kier molecular flexibility index (Phi) is 7.47. The van der Waals surface area contributed by atoms with Gasteiger partial charge >= 0.3 is 6.09 Å². The summed E-state index contributed by atoms with van der Waals surface area (Å²) >= 11 is -1.30. The molecule has 8 heteroatoms. The highest BCUT2D eigenvalue weighted by atomic mass is 32.2. The second-order valence-corrected chi connectivity index (χ2v) is 12.0. The summed E-state index contributed by atoms with van der Waals surface area (Å²) in [6, 6.07) is 5.92. The van der Waals surface area contributed by atoms with Crippen LogP contribution in [0.1, 0.15) is 72.1 Å². The fraction of sp³-hybridized carbons (Fsp3) is 0.682. The molecule has 1 aliphatic heterocycles. The molecule has 2 unspecified atom stereocenters. The number of benzene rings is 1. The molecule has 30 heavy (non-hydrogen) atoms. The molecule has 0 aliphatic carbocycles. The van der Waals surface area contributed by atoms with Gasteiger partial charge in [0.1, 0.15) is 10.3 Å². The number of carbonyl (C=O) groups excluding carboxylic acids is 1. The third-order valence-corrected chi connectivity index (χ3v) is 6.48. The Morgan fingerprint density at radius 2 is 1.87 bits per heavy atom. The third-order valence-electron chi connectivity index (χ3n) is 4.80. The molecule has 1 heterocycles. The summed E-state index contributed by atoms with van der Waals surface area (Å²) in [5.41, 5.74) is -0.00632. The van der Waals surface area contributed by atoms with Gasteiger partial charge in [-0.05, 0) is 60.1 Å². The summed E-state index contributed by atoms with van der Waals surface area (Å²) in [4.78, 5) is 13.4. The predicted octanol–water partition coefficient (Wildman–Crippen LogP) is 5.15. The van der Waals surface area contributed by atoms with Gasteiger partial charge in [0.15, 0.2) is 0 Å². The number of rotatable bonds is 6. The van der Waals surface area contributed by atoms with Gasteiger partial charge in [-0.25, -0.2) is 13.6 Å². The van der Waals surface area contributed by atoms with Gasteiger partial charge in [-0.1, -0.05) is 18.2 Å². The number of likely N-dealkylation sites (tertiary alicyclic amines) is 1. The molecule has 5 nitrogen and oxygen atoms in total. The van der Waals surface area contributed by atoms with E-state index in [0.29, 0.717) is 5.56 Å². The molecule has 0 radical (unpaired) electrons. The van der Waals surface area contributed by atoms with E-state index in [1.54, 1.807) is 32.9 Å². The molecule has 2 atom stereocenters. The van der Waals surface area contributed by atoms with Crippen molar-refractivity contribution in [3.63, 3.8) is 0 Å². The summed E-state index contributed by atoms with van der Waals surface area (Å²) in [6.45, 7) is 13.2. The normalized spacial score (nSPS) is 18.0. The van der Waals surface area contributed by atoms with Crippen molar-refractivity contribution in [2.24, 2.45) is 5.92 Å². The maximum absolute atomic E-state index is 14.9. The summed E-state index contributed by atoms with van der Waals surface area (Å²) < 4.78 is 49.9. The number of ether oxygens (including phenoxy) is 1. The zero-order valence-corrected chi connectivity index (χ0v) is 19.7. The van der Waals surface area contributed by atoms with E-state index < -0.39 is 33.7 Å². The lowest BCUT2D eigenvalue weighted by Crippen LogP contribution is -2.52. The first-order chi connectivity index (χ1) is 13.6. The molecule has 0 spiro atoms. The van der Waals surface area contributed by atoms with Crippen molar-refractivity contribution in [3.05, 3.63) is 35.4 Å². The number of carbonyl (C=O) groups is 1. The highest BCUT2D eigenvalue weighted by Crippen LogP contribution is 2.38. The molecule has 2 rings (SSSR count). The van der Waals surface area contributed by atoms with Crippen molar-refractivity contribution in [2.75, 3.05) is 13.1 Å². The highest BCUT2D eigenvalue weighted by molar-refractivity contribution is 7.90. The monoisotopic (exact) mass is 444 g/mol. The molecule has 1 N–H and O–H groups in total. The molecule has 1 saturated heterocycles. The van der Waals surface area contributed by atoms with E-state index in [1.165, 1.54) is 17.0 Å². The van der Waals surface area contributed by atoms with Crippen molar-refractivity contribution in [2.45, 2.75) is 77.2 Å². The molecule has 1 amide bonds. The van der Waals surface area contributed by atoms with Crippen LogP contribution in [0.5, 0.6) is 0 Å². The zero-order valence-electron chi connectivity index (χ0n) is 18.9. The number of nitrogens with zero attached hydrogens (tertiary/aromatic N) is 1. The first kappa shape index (κ1) is 24.9. The second-order valence-electron chi connectivity index (χ2n) is 10.0. The van der Waals surface area contributed by atoms with E-state index in [-0.39, 0.29) is 37.0 Å². The van der Waals surface area contributed by atoms with Crippen LogP contribution in [0.3, 0.4) is 0 Å². The standard InChI is InChI=1S/C22H34F2N2O3S/c1-15(25-30(28)21(5,6)7)17-9-8-10-18(11-17)22(23,24)12-16-13-26(14-16)19(27)29-20(2,3)4/h8-11,15-16,25H,12-14H2,1-7H3. The summed E-state index contributed by atoms with van der Waals surface area (Å²) in [7, 11) is 0. The van der Waals surface area contributed by atoms with Crippen molar-refractivity contribution in [3.8, 4) is 0 Å². The molecule has 0 aromatic heterocycles. The van der Waals surface area contributed by atoms with Crippen LogP contribution in [0.15, 0.2) is 24.3 Å². The van der Waals surface area contributed by atoms with Crippen molar-refractivity contribution in [1.29, 1.82) is 0 Å². The molecule has 170 valence electrons. The van der Waals surface area contributed by atoms with E-state index in [4.69, 9.17) is 4.74 Å². The smallest absolute Gasteiger partial charge is 0.410 e. The molecule has 0 saturated carbocycles. The minimum absolute atomic E-state index is 0.0640. The maximum atomic E-state index is 14.9. The Balaban J connectivity index is 1.97. The Hall–Kier alpha value is -1.38. The topological polar surface area (TPSA) is 64.6 Å². The lowest BCUT2D eigenvalue weighted by atomic mass is 9.89. The fourth-order valence-corrected chi connectivity index (χ4v) is 3.91. The molecule has 0 bridgehead atoms. The van der Waals surface area contributed by atoms with Crippen LogP contribution >= 0.6 is 0 Å². The minimum Gasteiger partial charge on any atom is -0.598 e. The van der Waals surface area contributed by atoms with Crippen LogP contribution in [-0.4, -0.2) is 39.0 Å². The first-order valence-electron chi connectivity index (χ1n) is 10.2. The number of nitrogens with one attached hydrogen (secondary N) is 1. The Morgan fingerprint density at radius 3 is 2.40 bits per heavy atom. The fourth-order valence-electron chi connectivity index (χ4n) is 3.10. The molecule has 1 aliphatic rings. The Morgan fingerprint density at radius 1 is 1.27 bits per heavy atom. The largest absolute Gasteiger partial charge is 0.598 e. The van der Waals surface area contributed by atoms with Crippen LogP contribution < -0.4 is 4.72 Å². The average molecular weight is 445 g/mol. The van der Waals surface area contributed by atoms with Gasteiger partial charge in [0.05, 0.1) is 6.04 Å². The lowest BCUT2D eigenvalue weighted by Gasteiger charge is -2.41. The third kappa shape index (κ3) is 6.82. The highest BCUT2D eigenvalue weighted by Gasteiger charge is 2.42. The summed E-state index contributed by atoms with van der Waals surface area (Å²) in [5, 5.41) is 0. The van der Waals surface area contributed by atoms with E-state index in [9.17, 15) is 18.1 Å². The van der Waals surface area contributed by atoms with Crippen LogP contribution in [0, 0.1) is 5.92 Å². The van der Waals surface area contributed by atoms with Gasteiger partial charge < -0.3 is 14.2 Å². The maximum Gasteiger partial charge on any atom is 0.410 e. The van der Waals surface area contributed by atoms with Crippen LogP contribution in [0.4, 0.5) is 13.6 Å². The van der Waals surface area contributed by atoms with Gasteiger partial charge in [0.25, 0.3) is 5.92 Å². The van der Waals surface area contributed by atoms with Crippen molar-refractivity contribution >= 4 is 17.5 Å². The van der Waals surface area contributed by atoms with Crippen LogP contribution in [0.2, 0.25) is 0 Å². The van der Waals surface area contributed by atoms with Crippen LogP contribution in [0.25, 0.3) is 0 Å². The number of hydrogen-bond acceptors (Lipinski definition) is 4. The quantitative estimate of drug-likeness (QED) is 0.617. The minimum atomic E-state index is -3.01. The number of alkyl halides is 2. The Labute approximate surface area is 181 Å². The SMILES string of the molecule is CC(N[S+]([O-])C(C)(C)C)c1cccc(C(F)(F)CC2CN(C(=O)OC(C)(C)C)C2)c1. The number of hydrogen-bond donors (Lipinski definition) is 1. The zero-order chi connectivity index (χ0) is 22.9.